The molecule has 182 valence electrons. The molecule has 0 saturated heterocycles. The molecule has 1 atom stereocenters. The third kappa shape index (κ3) is 4.52. The Balaban J connectivity index is 1.88. The van der Waals surface area contributed by atoms with Crippen molar-refractivity contribution in [3.8, 4) is 17.2 Å². The van der Waals surface area contributed by atoms with E-state index in [4.69, 9.17) is 31.0 Å². The zero-order valence-corrected chi connectivity index (χ0v) is 20.9. The highest BCUT2D eigenvalue weighted by atomic mass is 32.1. The summed E-state index contributed by atoms with van der Waals surface area (Å²) in [5.74, 6) is 1.87. The van der Waals surface area contributed by atoms with Gasteiger partial charge in [-0.1, -0.05) is 23.4 Å². The number of hydrogen-bond donors (Lipinski definition) is 2. The van der Waals surface area contributed by atoms with E-state index in [0.29, 0.717) is 50.8 Å². The lowest BCUT2D eigenvalue weighted by molar-refractivity contribution is -0.113. The van der Waals surface area contributed by atoms with Crippen LogP contribution >= 0.6 is 12.2 Å². The molecule has 0 bridgehead atoms. The van der Waals surface area contributed by atoms with Crippen LogP contribution in [0.25, 0.3) is 0 Å². The van der Waals surface area contributed by atoms with E-state index >= 15 is 0 Å². The smallest absolute Gasteiger partial charge is 0.257 e. The molecule has 0 aliphatic carbocycles. The number of aryl methyl sites for hydroxylation is 1. The first kappa shape index (κ1) is 24.1. The zero-order valence-electron chi connectivity index (χ0n) is 20.0. The van der Waals surface area contributed by atoms with Gasteiger partial charge in [0.15, 0.2) is 22.4 Å². The number of allylic oxidation sites excluding steroid dienone is 1. The minimum absolute atomic E-state index is 0.310. The number of nitrogens with one attached hydrogen (secondary N) is 2. The minimum Gasteiger partial charge on any atom is -0.493 e. The quantitative estimate of drug-likeness (QED) is 0.464. The predicted octanol–water partition coefficient (Wildman–Crippen LogP) is 4.36. The molecule has 1 amide bonds. The number of ether oxygens (including phenoxy) is 3. The van der Waals surface area contributed by atoms with Crippen molar-refractivity contribution in [3.63, 3.8) is 0 Å². The molecule has 3 aromatic rings. The molecular formula is C25H26N4O5S. The van der Waals surface area contributed by atoms with Crippen molar-refractivity contribution in [2.45, 2.75) is 19.9 Å². The average molecular weight is 495 g/mol. The summed E-state index contributed by atoms with van der Waals surface area (Å²) >= 11 is 5.75. The van der Waals surface area contributed by atoms with E-state index in [0.717, 1.165) is 5.69 Å². The number of carbonyl (C=O) groups excluding carboxylic acids is 1. The fourth-order valence-corrected chi connectivity index (χ4v) is 4.48. The number of anilines is 2. The van der Waals surface area contributed by atoms with Crippen LogP contribution in [0.15, 0.2) is 64.3 Å². The monoisotopic (exact) mass is 494 g/mol. The van der Waals surface area contributed by atoms with E-state index in [9.17, 15) is 4.79 Å². The van der Waals surface area contributed by atoms with Gasteiger partial charge in [-0.15, -0.1) is 0 Å². The van der Waals surface area contributed by atoms with Gasteiger partial charge in [0.25, 0.3) is 5.91 Å². The molecule has 1 aliphatic heterocycles. The van der Waals surface area contributed by atoms with E-state index in [1.54, 1.807) is 26.2 Å². The molecule has 2 N–H and O–H groups in total. The van der Waals surface area contributed by atoms with Crippen LogP contribution in [0.4, 0.5) is 11.5 Å². The molecular weight excluding hydrogens is 468 g/mol. The molecule has 35 heavy (non-hydrogen) atoms. The van der Waals surface area contributed by atoms with Crippen LogP contribution in [-0.4, -0.2) is 37.5 Å². The van der Waals surface area contributed by atoms with Gasteiger partial charge in [-0.2, -0.15) is 0 Å². The van der Waals surface area contributed by atoms with Crippen LogP contribution in [0, 0.1) is 6.92 Å². The van der Waals surface area contributed by atoms with Crippen molar-refractivity contribution >= 4 is 34.7 Å². The molecule has 0 unspecified atom stereocenters. The van der Waals surface area contributed by atoms with Gasteiger partial charge in [0.1, 0.15) is 5.76 Å². The maximum absolute atomic E-state index is 13.7. The highest BCUT2D eigenvalue weighted by Gasteiger charge is 2.37. The number of carbonyl (C=O) groups is 1. The predicted molar refractivity (Wildman–Crippen MR) is 136 cm³/mol. The van der Waals surface area contributed by atoms with Crippen molar-refractivity contribution in [1.82, 2.24) is 10.5 Å². The van der Waals surface area contributed by atoms with Crippen molar-refractivity contribution < 1.29 is 23.5 Å². The molecule has 1 aliphatic rings. The summed E-state index contributed by atoms with van der Waals surface area (Å²) in [6.07, 6.45) is 0. The van der Waals surface area contributed by atoms with Crippen molar-refractivity contribution in [2.75, 3.05) is 31.5 Å². The second-order valence-corrected chi connectivity index (χ2v) is 8.14. The number of benzene rings is 2. The van der Waals surface area contributed by atoms with Gasteiger partial charge < -0.3 is 29.4 Å². The van der Waals surface area contributed by atoms with Gasteiger partial charge in [-0.3, -0.25) is 9.69 Å². The third-order valence-corrected chi connectivity index (χ3v) is 5.96. The van der Waals surface area contributed by atoms with E-state index in [1.807, 2.05) is 48.2 Å². The summed E-state index contributed by atoms with van der Waals surface area (Å²) in [5, 5.41) is 10.5. The molecule has 2 aromatic carbocycles. The highest BCUT2D eigenvalue weighted by Crippen LogP contribution is 2.45. The summed E-state index contributed by atoms with van der Waals surface area (Å²) in [4.78, 5) is 15.5. The Labute approximate surface area is 208 Å². The largest absolute Gasteiger partial charge is 0.493 e. The standard InChI is InChI=1S/C25H26N4O5S/c1-14-13-19(28-34-14)26-24(30)20-15(2)29(16-9-7-6-8-10-16)25(35)27-21(20)17-11-12-18(31-3)23(33-5)22(17)32-4/h6-13,21H,1-5H3,(H,27,35)(H,26,28,30)/t21-/m0/s1. The van der Waals surface area contributed by atoms with Crippen LogP contribution in [-0.2, 0) is 4.79 Å². The number of thiocarbonyl (C=S) groups is 1. The van der Waals surface area contributed by atoms with Gasteiger partial charge in [-0.05, 0) is 50.3 Å². The van der Waals surface area contributed by atoms with E-state index in [1.165, 1.54) is 14.2 Å². The number of hydrogen-bond acceptors (Lipinski definition) is 7. The molecule has 2 heterocycles. The van der Waals surface area contributed by atoms with Gasteiger partial charge in [0.05, 0.1) is 32.9 Å². The van der Waals surface area contributed by atoms with E-state index < -0.39 is 6.04 Å². The van der Waals surface area contributed by atoms with Gasteiger partial charge in [0, 0.05) is 23.0 Å². The molecule has 0 spiro atoms. The summed E-state index contributed by atoms with van der Waals surface area (Å²) in [7, 11) is 4.61. The lowest BCUT2D eigenvalue weighted by Gasteiger charge is -2.38. The van der Waals surface area contributed by atoms with Crippen molar-refractivity contribution in [2.24, 2.45) is 0 Å². The first-order chi connectivity index (χ1) is 16.9. The summed E-state index contributed by atoms with van der Waals surface area (Å²) in [6.45, 7) is 3.60. The van der Waals surface area contributed by atoms with Crippen LogP contribution < -0.4 is 29.7 Å². The average Bonchev–Trinajstić information content (AvgIpc) is 3.27. The fraction of sp³-hybridized carbons (Fsp3) is 0.240. The summed E-state index contributed by atoms with van der Waals surface area (Å²) in [6, 6.07) is 14.2. The van der Waals surface area contributed by atoms with Crippen molar-refractivity contribution in [1.29, 1.82) is 0 Å². The number of para-hydroxylation sites is 1. The maximum atomic E-state index is 13.7. The lowest BCUT2D eigenvalue weighted by atomic mass is 9.92. The molecule has 0 saturated carbocycles. The second kappa shape index (κ2) is 10.1. The first-order valence-corrected chi connectivity index (χ1v) is 11.2. The van der Waals surface area contributed by atoms with Gasteiger partial charge in [0.2, 0.25) is 5.75 Å². The molecule has 9 nitrogen and oxygen atoms in total. The fourth-order valence-electron chi connectivity index (χ4n) is 4.12. The highest BCUT2D eigenvalue weighted by molar-refractivity contribution is 7.80. The van der Waals surface area contributed by atoms with Crippen LogP contribution in [0.1, 0.15) is 24.3 Å². The number of methoxy groups -OCH3 is 3. The number of aromatic nitrogens is 1. The Morgan fingerprint density at radius 3 is 2.37 bits per heavy atom. The normalized spacial score (nSPS) is 15.5. The number of nitrogens with zero attached hydrogens (tertiary/aromatic N) is 2. The van der Waals surface area contributed by atoms with Crippen LogP contribution in [0.2, 0.25) is 0 Å². The first-order valence-electron chi connectivity index (χ1n) is 10.8. The van der Waals surface area contributed by atoms with E-state index in [-0.39, 0.29) is 5.91 Å². The Morgan fingerprint density at radius 2 is 1.77 bits per heavy atom. The molecule has 10 heteroatoms. The van der Waals surface area contributed by atoms with Gasteiger partial charge in [-0.25, -0.2) is 0 Å². The third-order valence-electron chi connectivity index (χ3n) is 5.66. The minimum atomic E-state index is -0.648. The summed E-state index contributed by atoms with van der Waals surface area (Å²) < 4.78 is 21.8. The Morgan fingerprint density at radius 1 is 1.06 bits per heavy atom. The Bertz CT molecular complexity index is 1290. The Hall–Kier alpha value is -4.05. The summed E-state index contributed by atoms with van der Waals surface area (Å²) in [5.41, 5.74) is 2.55. The number of rotatable bonds is 7. The maximum Gasteiger partial charge on any atom is 0.257 e. The van der Waals surface area contributed by atoms with Crippen LogP contribution in [0.3, 0.4) is 0 Å². The van der Waals surface area contributed by atoms with Crippen molar-refractivity contribution in [3.05, 3.63) is 71.1 Å². The van der Waals surface area contributed by atoms with Gasteiger partial charge >= 0.3 is 0 Å². The molecule has 0 fully saturated rings. The topological polar surface area (TPSA) is 98.1 Å². The molecule has 4 rings (SSSR count). The lowest BCUT2D eigenvalue weighted by Crippen LogP contribution is -2.48. The van der Waals surface area contributed by atoms with E-state index in [2.05, 4.69) is 15.8 Å². The Kier molecular flexibility index (Phi) is 6.92. The zero-order chi connectivity index (χ0) is 25.1. The molecule has 0 radical (unpaired) electrons. The number of amides is 1. The van der Waals surface area contributed by atoms with Crippen LogP contribution in [0.5, 0.6) is 17.2 Å². The second-order valence-electron chi connectivity index (χ2n) is 7.75. The molecule has 1 aromatic heterocycles. The SMILES string of the molecule is COc1ccc([C@@H]2NC(=S)N(c3ccccc3)C(C)=C2C(=O)Nc2cc(C)on2)c(OC)c1OC.